The van der Waals surface area contributed by atoms with E-state index in [2.05, 4.69) is 87.6 Å². The highest BCUT2D eigenvalue weighted by Crippen LogP contribution is 2.37. The molecule has 0 aliphatic carbocycles. The van der Waals surface area contributed by atoms with Gasteiger partial charge in [-0.2, -0.15) is 0 Å². The van der Waals surface area contributed by atoms with Crippen LogP contribution in [0.5, 0.6) is 0 Å². The molecule has 0 radical (unpaired) electrons. The first-order valence-corrected chi connectivity index (χ1v) is 16.3. The molecule has 2 unspecified atom stereocenters. The van der Waals surface area contributed by atoms with Gasteiger partial charge < -0.3 is 0 Å². The zero-order chi connectivity index (χ0) is 19.5. The van der Waals surface area contributed by atoms with Crippen molar-refractivity contribution >= 4 is 36.9 Å². The van der Waals surface area contributed by atoms with Crippen molar-refractivity contribution in [1.82, 2.24) is 0 Å². The van der Waals surface area contributed by atoms with Crippen LogP contribution in [0.3, 0.4) is 0 Å². The molecule has 0 nitrogen and oxygen atoms in total. The van der Waals surface area contributed by atoms with E-state index in [1.54, 1.807) is 31.9 Å². The van der Waals surface area contributed by atoms with E-state index < -0.39 is 16.1 Å². The van der Waals surface area contributed by atoms with Crippen LogP contribution in [0.2, 0.25) is 25.2 Å². The van der Waals surface area contributed by atoms with Gasteiger partial charge >= 0.3 is 0 Å². The Morgan fingerprint density at radius 1 is 0.536 bits per heavy atom. The molecule has 0 bridgehead atoms. The van der Waals surface area contributed by atoms with E-state index in [0.717, 1.165) is 0 Å². The third-order valence-corrected chi connectivity index (χ3v) is 16.9. The summed E-state index contributed by atoms with van der Waals surface area (Å²) >= 11 is 0. The summed E-state index contributed by atoms with van der Waals surface area (Å²) < 4.78 is 0. The van der Waals surface area contributed by atoms with Crippen LogP contribution in [0.25, 0.3) is 22.3 Å². The van der Waals surface area contributed by atoms with Crippen molar-refractivity contribution < 1.29 is 0 Å². The van der Waals surface area contributed by atoms with Gasteiger partial charge in [-0.15, -0.1) is 0 Å². The van der Waals surface area contributed by atoms with E-state index >= 15 is 0 Å². The molecule has 2 atom stereocenters. The molecule has 2 heterocycles. The van der Waals surface area contributed by atoms with E-state index in [-0.39, 0.29) is 0 Å². The summed E-state index contributed by atoms with van der Waals surface area (Å²) in [7, 11) is -3.28. The lowest BCUT2D eigenvalue weighted by Crippen LogP contribution is -2.54. The van der Waals surface area contributed by atoms with Gasteiger partial charge in [-0.05, 0) is 55.1 Å². The van der Waals surface area contributed by atoms with Gasteiger partial charge in [-0.3, -0.25) is 0 Å². The molecule has 3 aromatic rings. The first kappa shape index (κ1) is 18.1. The molecule has 0 fully saturated rings. The molecular formula is C26H30Si2. The van der Waals surface area contributed by atoms with Crippen molar-refractivity contribution in [2.24, 2.45) is 0 Å². The van der Waals surface area contributed by atoms with E-state index in [4.69, 9.17) is 0 Å². The number of hydrogen-bond donors (Lipinski definition) is 0. The van der Waals surface area contributed by atoms with Gasteiger partial charge in [0.15, 0.2) is 0 Å². The fraction of sp³-hybridized carbons (Fsp3) is 0.308. The lowest BCUT2D eigenvalue weighted by molar-refractivity contribution is 1.06. The molecule has 142 valence electrons. The van der Waals surface area contributed by atoms with E-state index in [9.17, 15) is 0 Å². The van der Waals surface area contributed by atoms with Crippen LogP contribution in [0.15, 0.2) is 60.7 Å². The van der Waals surface area contributed by atoms with Crippen LogP contribution in [0, 0.1) is 0 Å². The number of benzene rings is 3. The highest BCUT2D eigenvalue weighted by Gasteiger charge is 2.45. The Labute approximate surface area is 171 Å². The minimum Gasteiger partial charge on any atom is -0.0656 e. The van der Waals surface area contributed by atoms with Gasteiger partial charge in [0, 0.05) is 0 Å². The zero-order valence-corrected chi connectivity index (χ0v) is 19.6. The monoisotopic (exact) mass is 398 g/mol. The number of rotatable bonds is 4. The van der Waals surface area contributed by atoms with E-state index in [0.29, 0.717) is 0 Å². The van der Waals surface area contributed by atoms with Gasteiger partial charge in [0.05, 0.1) is 0 Å². The molecule has 0 spiro atoms. The molecule has 0 aromatic heterocycles. The Balaban J connectivity index is 1.83. The van der Waals surface area contributed by atoms with Gasteiger partial charge in [0.25, 0.3) is 0 Å². The molecular weight excluding hydrogens is 368 g/mol. The fourth-order valence-corrected chi connectivity index (χ4v) is 14.9. The molecule has 2 aliphatic rings. The van der Waals surface area contributed by atoms with Crippen LogP contribution in [0.4, 0.5) is 0 Å². The normalized spacial score (nSPS) is 23.9. The quantitative estimate of drug-likeness (QED) is 0.551. The van der Waals surface area contributed by atoms with Crippen LogP contribution >= 0.6 is 0 Å². The summed E-state index contributed by atoms with van der Waals surface area (Å²) in [6, 6.07) is 26.6. The van der Waals surface area contributed by atoms with Gasteiger partial charge in [0.2, 0.25) is 0 Å². The van der Waals surface area contributed by atoms with Crippen LogP contribution in [-0.4, -0.2) is 16.1 Å². The number of fused-ring (bicyclic) bond motifs is 6. The smallest absolute Gasteiger partial charge is 0.0656 e. The summed E-state index contributed by atoms with van der Waals surface area (Å²) in [5.41, 5.74) is 6.21. The Morgan fingerprint density at radius 3 is 1.32 bits per heavy atom. The summed E-state index contributed by atoms with van der Waals surface area (Å²) in [6.07, 6.45) is 2.54. The lowest BCUT2D eigenvalue weighted by atomic mass is 10.0. The van der Waals surface area contributed by atoms with E-state index in [1.165, 1.54) is 36.1 Å². The topological polar surface area (TPSA) is 0 Å². The predicted octanol–water partition coefficient (Wildman–Crippen LogP) is 4.85. The molecule has 0 saturated heterocycles. The van der Waals surface area contributed by atoms with Crippen molar-refractivity contribution in [2.75, 3.05) is 0 Å². The third kappa shape index (κ3) is 2.22. The minimum absolute atomic E-state index is 1.27. The molecule has 28 heavy (non-hydrogen) atoms. The second-order valence-corrected chi connectivity index (χ2v) is 17.7. The summed E-state index contributed by atoms with van der Waals surface area (Å²) in [5, 5.41) is 6.73. The standard InChI is InChI=1S/C26H30Si2/c1-5-15-27(3)23-13-9-7-11-19(23)21-18-26-22(17-25(21)27)20-12-8-10-14-24(20)28(26,4)16-6-2/h7-14,17-18H,5-6,15-16H2,1-4H3. The van der Waals surface area contributed by atoms with Crippen LogP contribution < -0.4 is 20.7 Å². The molecule has 0 N–H and O–H groups in total. The highest BCUT2D eigenvalue weighted by atomic mass is 28.3. The molecule has 0 saturated carbocycles. The molecule has 5 rings (SSSR count). The SMILES string of the molecule is CCC[Si]1(C)c2ccccc2-c2cc3c(cc21)-c1ccccc1[Si]3(C)CCC. The Morgan fingerprint density at radius 2 is 0.929 bits per heavy atom. The average Bonchev–Trinajstić information content (AvgIpc) is 3.10. The van der Waals surface area contributed by atoms with Crippen molar-refractivity contribution in [3.63, 3.8) is 0 Å². The number of hydrogen-bond acceptors (Lipinski definition) is 0. The van der Waals surface area contributed by atoms with Crippen molar-refractivity contribution in [3.8, 4) is 22.3 Å². The van der Waals surface area contributed by atoms with Crippen molar-refractivity contribution in [2.45, 2.75) is 51.9 Å². The maximum atomic E-state index is 2.65. The average molecular weight is 399 g/mol. The maximum Gasteiger partial charge on any atom is 0.116 e. The summed E-state index contributed by atoms with van der Waals surface area (Å²) in [6.45, 7) is 9.92. The third-order valence-electron chi connectivity index (χ3n) is 7.47. The molecule has 0 amide bonds. The Bertz CT molecular complexity index is 996. The van der Waals surface area contributed by atoms with Crippen LogP contribution in [0.1, 0.15) is 26.7 Å². The maximum absolute atomic E-state index is 2.65. The second-order valence-electron chi connectivity index (χ2n) is 9.20. The Hall–Kier alpha value is -1.91. The van der Waals surface area contributed by atoms with Gasteiger partial charge in [0.1, 0.15) is 16.1 Å². The summed E-state index contributed by atoms with van der Waals surface area (Å²) in [5.74, 6) is 0. The molecule has 2 aliphatic heterocycles. The van der Waals surface area contributed by atoms with E-state index in [1.807, 2.05) is 0 Å². The van der Waals surface area contributed by atoms with Crippen LogP contribution in [-0.2, 0) is 0 Å². The second kappa shape index (κ2) is 6.30. The predicted molar refractivity (Wildman–Crippen MR) is 129 cm³/mol. The lowest BCUT2D eigenvalue weighted by Gasteiger charge is -2.26. The summed E-state index contributed by atoms with van der Waals surface area (Å²) in [4.78, 5) is 0. The largest absolute Gasteiger partial charge is 0.116 e. The zero-order valence-electron chi connectivity index (χ0n) is 17.6. The molecule has 3 aromatic carbocycles. The van der Waals surface area contributed by atoms with Crippen molar-refractivity contribution in [3.05, 3.63) is 60.7 Å². The van der Waals surface area contributed by atoms with Gasteiger partial charge in [-0.1, -0.05) is 100 Å². The first-order chi connectivity index (χ1) is 13.5. The fourth-order valence-electron chi connectivity index (χ4n) is 6.19. The Kier molecular flexibility index (Phi) is 4.08. The van der Waals surface area contributed by atoms with Crippen molar-refractivity contribution in [1.29, 1.82) is 0 Å². The minimum atomic E-state index is -1.64. The van der Waals surface area contributed by atoms with Gasteiger partial charge in [-0.25, -0.2) is 0 Å². The highest BCUT2D eigenvalue weighted by molar-refractivity contribution is 7.06. The molecule has 2 heteroatoms. The first-order valence-electron chi connectivity index (χ1n) is 10.9.